The lowest BCUT2D eigenvalue weighted by molar-refractivity contribution is -0.0399. The van der Waals surface area contributed by atoms with E-state index in [4.69, 9.17) is 24.8 Å². The van der Waals surface area contributed by atoms with Gasteiger partial charge in [0.05, 0.1) is 19.0 Å². The van der Waals surface area contributed by atoms with E-state index < -0.39 is 47.4 Å². The molecule has 0 spiro atoms. The van der Waals surface area contributed by atoms with Gasteiger partial charge in [-0.15, -0.1) is 0 Å². The molecule has 2 aromatic heterocycles. The number of hydrogen-bond donors (Lipinski definition) is 6. The molecule has 2 aromatic rings. The molecule has 2 unspecified atom stereocenters. The molecule has 37 heavy (non-hydrogen) atoms. The van der Waals surface area contributed by atoms with Gasteiger partial charge >= 0.3 is 22.4 Å². The van der Waals surface area contributed by atoms with Gasteiger partial charge in [-0.25, -0.2) is 28.4 Å². The number of phosphoric acid groups is 2. The molecule has 0 saturated carbocycles. The van der Waals surface area contributed by atoms with E-state index in [1.54, 1.807) is 4.57 Å². The van der Waals surface area contributed by atoms with E-state index in [9.17, 15) is 24.0 Å². The summed E-state index contributed by atoms with van der Waals surface area (Å²) in [4.78, 5) is 49.7. The third kappa shape index (κ3) is 9.26. The molecule has 1 saturated heterocycles. The molecule has 7 N–H and O–H groups in total. The van der Waals surface area contributed by atoms with Gasteiger partial charge in [0, 0.05) is 12.2 Å². The van der Waals surface area contributed by atoms with Crippen molar-refractivity contribution in [3.63, 3.8) is 0 Å². The van der Waals surface area contributed by atoms with Crippen LogP contribution in [0.5, 0.6) is 0 Å². The minimum atomic E-state index is -5.45. The van der Waals surface area contributed by atoms with E-state index >= 15 is 0 Å². The number of hydrogen-bond acceptors (Lipinski definition) is 13. The Bertz CT molecular complexity index is 1230. The first-order valence-electron chi connectivity index (χ1n) is 10.9. The first-order chi connectivity index (χ1) is 17.2. The van der Waals surface area contributed by atoms with E-state index in [1.807, 2.05) is 0 Å². The fourth-order valence-electron chi connectivity index (χ4n) is 3.39. The highest BCUT2D eigenvalue weighted by atomic mass is 32.5. The first-order valence-corrected chi connectivity index (χ1v) is 17.5. The van der Waals surface area contributed by atoms with Crippen molar-refractivity contribution in [1.29, 1.82) is 0 Å². The quantitative estimate of drug-likeness (QED) is 0.0764. The normalized spacial score (nSPS) is 23.8. The van der Waals surface area contributed by atoms with Gasteiger partial charge in [0.15, 0.2) is 16.6 Å². The zero-order valence-electron chi connectivity index (χ0n) is 19.5. The van der Waals surface area contributed by atoms with Crippen LogP contribution in [0.1, 0.15) is 45.3 Å². The summed E-state index contributed by atoms with van der Waals surface area (Å²) in [6, 6.07) is 0. The number of imidazole rings is 1. The van der Waals surface area contributed by atoms with Gasteiger partial charge in [0.2, 0.25) is 0 Å². The van der Waals surface area contributed by atoms with E-state index in [1.165, 1.54) is 18.1 Å². The van der Waals surface area contributed by atoms with Gasteiger partial charge < -0.3 is 39.7 Å². The molecule has 1 fully saturated rings. The highest BCUT2D eigenvalue weighted by Gasteiger charge is 2.41. The SMILES string of the molecule is CCCCCCSc1nc(N)c2ncn([C@H]3C[C@H](O)[C@@H](COP(O)(=S)OP(=O)(O)OP(=O)(O)O)O3)c2n1. The number of rotatable bonds is 14. The Morgan fingerprint density at radius 1 is 1.22 bits per heavy atom. The molecule has 0 aliphatic carbocycles. The number of ether oxygens (including phenoxy) is 1. The second kappa shape index (κ2) is 12.7. The van der Waals surface area contributed by atoms with Gasteiger partial charge in [-0.2, -0.15) is 4.31 Å². The number of unbranched alkanes of at least 4 members (excludes halogenated alkanes) is 3. The van der Waals surface area contributed by atoms with Gasteiger partial charge in [-0.3, -0.25) is 4.57 Å². The van der Waals surface area contributed by atoms with Crippen molar-refractivity contribution in [2.45, 2.75) is 62.6 Å². The maximum atomic E-state index is 11.6. The second-order valence-corrected chi connectivity index (χ2v) is 14.8. The van der Waals surface area contributed by atoms with Gasteiger partial charge in [0.25, 0.3) is 0 Å². The number of aliphatic hydroxyl groups excluding tert-OH is 1. The highest BCUT2D eigenvalue weighted by Crippen LogP contribution is 2.66. The Labute approximate surface area is 221 Å². The minimum absolute atomic E-state index is 0.0673. The largest absolute Gasteiger partial charge is 0.488 e. The van der Waals surface area contributed by atoms with Crippen LogP contribution in [0.2, 0.25) is 0 Å². The van der Waals surface area contributed by atoms with Crippen molar-refractivity contribution >= 4 is 62.9 Å². The zero-order chi connectivity index (χ0) is 27.4. The minimum Gasteiger partial charge on any atom is -0.390 e. The van der Waals surface area contributed by atoms with Crippen LogP contribution in [0.15, 0.2) is 11.5 Å². The topological polar surface area (TPSA) is 242 Å². The molecular formula is C16H28N5O11P3S2. The van der Waals surface area contributed by atoms with Crippen molar-refractivity contribution in [2.24, 2.45) is 0 Å². The maximum Gasteiger partial charge on any atom is 0.488 e. The standard InChI is InChI=1S/C16H28N5O11P3S2/c1-2-3-4-5-6-37-16-19-14(17)13-15(20-16)21(9-18-13)12-7-10(22)11(30-12)8-29-35(28,36)32-34(26,27)31-33(23,24)25/h9-12,22H,2-8H2,1H3,(H,26,27)(H,28,36)(H2,17,19,20)(H2,23,24,25)/t10-,11+,12+,35?/m0/s1. The summed E-state index contributed by atoms with van der Waals surface area (Å²) in [6.45, 7) is -2.97. The van der Waals surface area contributed by atoms with Crippen LogP contribution in [-0.2, 0) is 38.8 Å². The second-order valence-electron chi connectivity index (χ2n) is 7.94. The number of aromatic nitrogens is 4. The summed E-state index contributed by atoms with van der Waals surface area (Å²) in [5.41, 5.74) is 6.81. The van der Waals surface area contributed by atoms with E-state index in [2.05, 4.69) is 42.3 Å². The van der Waals surface area contributed by atoms with Crippen LogP contribution < -0.4 is 5.73 Å². The van der Waals surface area contributed by atoms with Crippen molar-refractivity contribution in [3.05, 3.63) is 6.33 Å². The van der Waals surface area contributed by atoms with Gasteiger partial charge in [0.1, 0.15) is 17.8 Å². The van der Waals surface area contributed by atoms with Crippen molar-refractivity contribution in [3.8, 4) is 0 Å². The molecule has 3 heterocycles. The summed E-state index contributed by atoms with van der Waals surface area (Å²) in [6.07, 6.45) is 2.97. The average Bonchev–Trinajstić information content (AvgIpc) is 3.33. The predicted molar refractivity (Wildman–Crippen MR) is 136 cm³/mol. The smallest absolute Gasteiger partial charge is 0.390 e. The molecular weight excluding hydrogens is 595 g/mol. The third-order valence-electron chi connectivity index (χ3n) is 4.99. The molecule has 0 radical (unpaired) electrons. The van der Waals surface area contributed by atoms with Crippen LogP contribution in [0.4, 0.5) is 5.82 Å². The Kier molecular flexibility index (Phi) is 10.7. The molecule has 21 heteroatoms. The number of anilines is 1. The summed E-state index contributed by atoms with van der Waals surface area (Å²) in [5.74, 6) is 1.02. The summed E-state index contributed by atoms with van der Waals surface area (Å²) in [7, 11) is -10.9. The summed E-state index contributed by atoms with van der Waals surface area (Å²) >= 11 is 6.05. The van der Waals surface area contributed by atoms with Crippen LogP contribution in [0.25, 0.3) is 11.2 Å². The Morgan fingerprint density at radius 3 is 2.62 bits per heavy atom. The highest BCUT2D eigenvalue weighted by molar-refractivity contribution is 8.08. The Morgan fingerprint density at radius 2 is 1.95 bits per heavy atom. The molecule has 0 amide bonds. The Balaban J connectivity index is 1.65. The van der Waals surface area contributed by atoms with E-state index in [0.29, 0.717) is 16.3 Å². The van der Waals surface area contributed by atoms with E-state index in [0.717, 1.165) is 31.4 Å². The monoisotopic (exact) mass is 623 g/mol. The van der Waals surface area contributed by atoms with Crippen LogP contribution >= 0.6 is 34.1 Å². The number of aliphatic hydroxyl groups is 1. The molecule has 0 bridgehead atoms. The number of fused-ring (bicyclic) bond motifs is 1. The number of nitrogen functional groups attached to an aromatic ring is 1. The van der Waals surface area contributed by atoms with Crippen LogP contribution in [0, 0.1) is 0 Å². The molecule has 1 aliphatic rings. The molecule has 210 valence electrons. The number of nitrogens with two attached hydrogens (primary N) is 1. The molecule has 16 nitrogen and oxygen atoms in total. The Hall–Kier alpha value is -0.550. The summed E-state index contributed by atoms with van der Waals surface area (Å²) < 4.78 is 42.5. The molecule has 0 aromatic carbocycles. The molecule has 3 rings (SSSR count). The lowest BCUT2D eigenvalue weighted by Gasteiger charge is -2.21. The maximum absolute atomic E-state index is 11.6. The van der Waals surface area contributed by atoms with Crippen molar-refractivity contribution in [2.75, 3.05) is 18.1 Å². The lowest BCUT2D eigenvalue weighted by atomic mass is 10.2. The predicted octanol–water partition coefficient (Wildman–Crippen LogP) is 2.19. The van der Waals surface area contributed by atoms with Gasteiger partial charge in [-0.1, -0.05) is 37.9 Å². The fraction of sp³-hybridized carbons (Fsp3) is 0.688. The van der Waals surface area contributed by atoms with E-state index in [-0.39, 0.29) is 12.2 Å². The summed E-state index contributed by atoms with van der Waals surface area (Å²) in [5, 5.41) is 10.9. The van der Waals surface area contributed by atoms with Crippen molar-refractivity contribution < 1.29 is 51.7 Å². The average molecular weight is 623 g/mol. The number of nitrogens with zero attached hydrogens (tertiary/aromatic N) is 4. The molecule has 1 aliphatic heterocycles. The van der Waals surface area contributed by atoms with Crippen LogP contribution in [0.3, 0.4) is 0 Å². The lowest BCUT2D eigenvalue weighted by Crippen LogP contribution is -2.26. The third-order valence-corrected chi connectivity index (χ3v) is 10.6. The van der Waals surface area contributed by atoms with Crippen molar-refractivity contribution in [1.82, 2.24) is 19.5 Å². The number of thioether (sulfide) groups is 1. The first kappa shape index (κ1) is 31.0. The zero-order valence-corrected chi connectivity index (χ0v) is 23.8. The van der Waals surface area contributed by atoms with Gasteiger partial charge in [-0.05, 0) is 18.2 Å². The van der Waals surface area contributed by atoms with Crippen LogP contribution in [-0.4, -0.2) is 68.8 Å². The molecule has 5 atom stereocenters. The fourth-order valence-corrected chi connectivity index (χ4v) is 8.21.